The van der Waals surface area contributed by atoms with Gasteiger partial charge in [0.25, 0.3) is 0 Å². The third kappa shape index (κ3) is 2.05. The van der Waals surface area contributed by atoms with Gasteiger partial charge < -0.3 is 9.84 Å². The molecule has 1 N–H and O–H groups in total. The lowest BCUT2D eigenvalue weighted by Crippen LogP contribution is -2.52. The summed E-state index contributed by atoms with van der Waals surface area (Å²) in [4.78, 5) is 37.0. The van der Waals surface area contributed by atoms with Crippen LogP contribution in [0.3, 0.4) is 0 Å². The molecule has 18 heavy (non-hydrogen) atoms. The maximum absolute atomic E-state index is 11.9. The molecule has 0 aromatic heterocycles. The van der Waals surface area contributed by atoms with Crippen molar-refractivity contribution in [3.05, 3.63) is 0 Å². The predicted octanol–water partition coefficient (Wildman–Crippen LogP) is -0.0957. The number of aliphatic carboxylic acids is 1. The molecule has 7 nitrogen and oxygen atoms in total. The average Bonchev–Trinajstić information content (AvgIpc) is 2.87. The van der Waals surface area contributed by atoms with Gasteiger partial charge in [0.15, 0.2) is 0 Å². The molecule has 2 heterocycles. The largest absolute Gasteiger partial charge is 0.480 e. The Balaban J connectivity index is 2.03. The average molecular weight is 256 g/mol. The second-order valence-corrected chi connectivity index (χ2v) is 4.76. The molecule has 0 aromatic rings. The normalized spacial score (nSPS) is 28.5. The van der Waals surface area contributed by atoms with Crippen LogP contribution in [0.4, 0.5) is 4.79 Å². The van der Waals surface area contributed by atoms with Crippen molar-refractivity contribution < 1.29 is 24.2 Å². The molecule has 0 radical (unpaired) electrons. The number of carbonyl (C=O) groups is 3. The zero-order valence-electron chi connectivity index (χ0n) is 10.2. The SMILES string of the molecule is CC1(C(=O)O)CCCN1CC(=O)N1CCOC1=O. The van der Waals surface area contributed by atoms with Gasteiger partial charge in [0.1, 0.15) is 12.1 Å². The van der Waals surface area contributed by atoms with Crippen molar-refractivity contribution in [2.75, 3.05) is 26.2 Å². The Morgan fingerprint density at radius 2 is 2.17 bits per heavy atom. The lowest BCUT2D eigenvalue weighted by atomic mass is 9.99. The Morgan fingerprint density at radius 3 is 2.72 bits per heavy atom. The van der Waals surface area contributed by atoms with Crippen LogP contribution in [0.5, 0.6) is 0 Å². The fourth-order valence-corrected chi connectivity index (χ4v) is 2.38. The van der Waals surface area contributed by atoms with Crippen LogP contribution in [0.15, 0.2) is 0 Å². The van der Waals surface area contributed by atoms with Crippen LogP contribution < -0.4 is 0 Å². The summed E-state index contributed by atoms with van der Waals surface area (Å²) in [5.74, 6) is -1.33. The number of ether oxygens (including phenoxy) is 1. The fraction of sp³-hybridized carbons (Fsp3) is 0.727. The molecule has 0 bridgehead atoms. The van der Waals surface area contributed by atoms with Gasteiger partial charge in [-0.25, -0.2) is 9.69 Å². The van der Waals surface area contributed by atoms with Crippen LogP contribution in [0.2, 0.25) is 0 Å². The second-order valence-electron chi connectivity index (χ2n) is 4.76. The first-order chi connectivity index (χ1) is 8.45. The maximum atomic E-state index is 11.9. The Labute approximate surface area is 104 Å². The summed E-state index contributed by atoms with van der Waals surface area (Å²) in [6.07, 6.45) is 0.608. The molecule has 0 spiro atoms. The van der Waals surface area contributed by atoms with E-state index in [-0.39, 0.29) is 19.7 Å². The van der Waals surface area contributed by atoms with Crippen LogP contribution in [0, 0.1) is 0 Å². The fourth-order valence-electron chi connectivity index (χ4n) is 2.38. The van der Waals surface area contributed by atoms with Crippen molar-refractivity contribution in [1.29, 1.82) is 0 Å². The molecular weight excluding hydrogens is 240 g/mol. The first-order valence-corrected chi connectivity index (χ1v) is 5.91. The summed E-state index contributed by atoms with van der Waals surface area (Å²) in [6.45, 7) is 2.56. The minimum atomic E-state index is -1.01. The van der Waals surface area contributed by atoms with Crippen molar-refractivity contribution in [3.63, 3.8) is 0 Å². The van der Waals surface area contributed by atoms with Gasteiger partial charge in [-0.1, -0.05) is 0 Å². The van der Waals surface area contributed by atoms with Crippen molar-refractivity contribution in [2.45, 2.75) is 25.3 Å². The quantitative estimate of drug-likeness (QED) is 0.759. The van der Waals surface area contributed by atoms with Gasteiger partial charge in [-0.15, -0.1) is 0 Å². The van der Waals surface area contributed by atoms with Gasteiger partial charge in [-0.05, 0) is 26.3 Å². The number of cyclic esters (lactones) is 1. The van der Waals surface area contributed by atoms with E-state index in [4.69, 9.17) is 0 Å². The van der Waals surface area contributed by atoms with E-state index in [1.54, 1.807) is 11.8 Å². The minimum absolute atomic E-state index is 0.0576. The first-order valence-electron chi connectivity index (χ1n) is 5.91. The van der Waals surface area contributed by atoms with Crippen LogP contribution in [0.1, 0.15) is 19.8 Å². The number of carboxylic acids is 1. The molecule has 1 unspecified atom stereocenters. The Morgan fingerprint density at radius 1 is 1.44 bits per heavy atom. The molecule has 2 amide bonds. The highest BCUT2D eigenvalue weighted by Crippen LogP contribution is 2.29. The molecule has 1 atom stereocenters. The summed E-state index contributed by atoms with van der Waals surface area (Å²) < 4.78 is 4.68. The maximum Gasteiger partial charge on any atom is 0.416 e. The zero-order valence-corrected chi connectivity index (χ0v) is 10.2. The zero-order chi connectivity index (χ0) is 13.3. The Kier molecular flexibility index (Phi) is 3.25. The van der Waals surface area contributed by atoms with Crippen molar-refractivity contribution in [2.24, 2.45) is 0 Å². The lowest BCUT2D eigenvalue weighted by molar-refractivity contribution is -0.149. The third-order valence-corrected chi connectivity index (χ3v) is 3.64. The van der Waals surface area contributed by atoms with E-state index in [0.29, 0.717) is 13.0 Å². The summed E-state index contributed by atoms with van der Waals surface area (Å²) in [5.41, 5.74) is -1.01. The molecule has 2 aliphatic heterocycles. The number of hydrogen-bond donors (Lipinski definition) is 1. The monoisotopic (exact) mass is 256 g/mol. The third-order valence-electron chi connectivity index (χ3n) is 3.64. The van der Waals surface area contributed by atoms with E-state index >= 15 is 0 Å². The van der Waals surface area contributed by atoms with Crippen LogP contribution in [-0.4, -0.2) is 64.7 Å². The van der Waals surface area contributed by atoms with Crippen molar-refractivity contribution in [3.8, 4) is 0 Å². The van der Waals surface area contributed by atoms with E-state index in [1.165, 1.54) is 0 Å². The van der Waals surface area contributed by atoms with E-state index in [0.717, 1.165) is 11.3 Å². The van der Waals surface area contributed by atoms with Crippen LogP contribution >= 0.6 is 0 Å². The van der Waals surface area contributed by atoms with Gasteiger partial charge in [-0.2, -0.15) is 0 Å². The summed E-state index contributed by atoms with van der Waals surface area (Å²) >= 11 is 0. The number of carbonyl (C=O) groups excluding carboxylic acids is 2. The van der Waals surface area contributed by atoms with E-state index in [9.17, 15) is 19.5 Å². The van der Waals surface area contributed by atoms with Crippen molar-refractivity contribution >= 4 is 18.0 Å². The standard InChI is InChI=1S/C11H16N2O5/c1-11(9(15)16)3-2-4-12(11)7-8(14)13-5-6-18-10(13)17/h2-7H2,1H3,(H,15,16). The number of amides is 2. The van der Waals surface area contributed by atoms with Crippen LogP contribution in [0.25, 0.3) is 0 Å². The molecule has 0 aromatic carbocycles. The molecule has 7 heteroatoms. The van der Waals surface area contributed by atoms with Crippen molar-refractivity contribution in [1.82, 2.24) is 9.80 Å². The summed E-state index contributed by atoms with van der Waals surface area (Å²) in [5, 5.41) is 9.21. The van der Waals surface area contributed by atoms with E-state index in [2.05, 4.69) is 4.74 Å². The number of carboxylic acid groups (broad SMARTS) is 1. The summed E-state index contributed by atoms with van der Waals surface area (Å²) in [7, 11) is 0. The number of likely N-dealkylation sites (tertiary alicyclic amines) is 1. The minimum Gasteiger partial charge on any atom is -0.480 e. The van der Waals surface area contributed by atoms with Crippen LogP contribution in [-0.2, 0) is 14.3 Å². The molecule has 2 fully saturated rings. The molecule has 2 saturated heterocycles. The second kappa shape index (κ2) is 4.56. The van der Waals surface area contributed by atoms with Gasteiger partial charge in [0, 0.05) is 0 Å². The molecule has 2 aliphatic rings. The van der Waals surface area contributed by atoms with Gasteiger partial charge in [0.05, 0.1) is 13.1 Å². The van der Waals surface area contributed by atoms with Gasteiger partial charge in [0.2, 0.25) is 5.91 Å². The molecule has 100 valence electrons. The summed E-state index contributed by atoms with van der Waals surface area (Å²) in [6, 6.07) is 0. The first kappa shape index (κ1) is 12.8. The highest BCUT2D eigenvalue weighted by atomic mass is 16.6. The highest BCUT2D eigenvalue weighted by molar-refractivity contribution is 5.94. The number of nitrogens with zero attached hydrogens (tertiary/aromatic N) is 2. The smallest absolute Gasteiger partial charge is 0.416 e. The molecule has 2 rings (SSSR count). The number of imide groups is 1. The number of hydrogen-bond acceptors (Lipinski definition) is 5. The molecule has 0 saturated carbocycles. The predicted molar refractivity (Wildman–Crippen MR) is 59.9 cm³/mol. The lowest BCUT2D eigenvalue weighted by Gasteiger charge is -2.31. The molecule has 0 aliphatic carbocycles. The van der Waals surface area contributed by atoms with Gasteiger partial charge >= 0.3 is 12.1 Å². The van der Waals surface area contributed by atoms with E-state index < -0.39 is 23.5 Å². The van der Waals surface area contributed by atoms with Gasteiger partial charge in [-0.3, -0.25) is 14.5 Å². The topological polar surface area (TPSA) is 87.2 Å². The number of rotatable bonds is 3. The van der Waals surface area contributed by atoms with E-state index in [1.807, 2.05) is 0 Å². The molecular formula is C11H16N2O5. The Bertz CT molecular complexity index is 397. The Hall–Kier alpha value is -1.63. The highest BCUT2D eigenvalue weighted by Gasteiger charge is 2.45.